The van der Waals surface area contributed by atoms with Crippen LogP contribution in [-0.2, 0) is 59.1 Å². The molecule has 0 aliphatic carbocycles. The van der Waals surface area contributed by atoms with Gasteiger partial charge in [0.1, 0.15) is 31.4 Å². The molecule has 0 heterocycles. The zero-order valence-corrected chi connectivity index (χ0v) is 27.0. The van der Waals surface area contributed by atoms with Crippen LogP contribution in [0.5, 0.6) is 0 Å². The van der Waals surface area contributed by atoms with Crippen LogP contribution in [0, 0.1) is 11.8 Å². The van der Waals surface area contributed by atoms with Crippen molar-refractivity contribution in [1.29, 1.82) is 0 Å². The number of ether oxygens (including phenoxy) is 4. The van der Waals surface area contributed by atoms with Gasteiger partial charge in [0.05, 0.1) is 34.2 Å². The van der Waals surface area contributed by atoms with E-state index in [2.05, 4.69) is 30.2 Å². The molecular formula is C31H42FN3O12. The Morgan fingerprint density at radius 3 is 1.77 bits per heavy atom. The van der Waals surface area contributed by atoms with Crippen molar-refractivity contribution in [2.45, 2.75) is 70.7 Å². The molecule has 47 heavy (non-hydrogen) atoms. The van der Waals surface area contributed by atoms with Crippen LogP contribution in [0.3, 0.4) is 0 Å². The Labute approximate surface area is 271 Å². The van der Waals surface area contributed by atoms with Crippen LogP contribution in [-0.4, -0.2) is 93.5 Å². The number of hydrogen-bond acceptors (Lipinski definition) is 12. The van der Waals surface area contributed by atoms with Crippen LogP contribution in [0.2, 0.25) is 0 Å². The smallest absolute Gasteiger partial charge is 0.408 e. The zero-order valence-electron chi connectivity index (χ0n) is 27.0. The minimum absolute atomic E-state index is 0.133. The van der Waals surface area contributed by atoms with E-state index in [4.69, 9.17) is 4.74 Å². The fourth-order valence-corrected chi connectivity index (χ4v) is 4.16. The van der Waals surface area contributed by atoms with Crippen molar-refractivity contribution in [2.24, 2.45) is 11.8 Å². The second-order valence-corrected chi connectivity index (χ2v) is 10.7. The van der Waals surface area contributed by atoms with Crippen LogP contribution in [0.25, 0.3) is 0 Å². The topological polar surface area (TPSA) is 210 Å². The highest BCUT2D eigenvalue weighted by Crippen LogP contribution is 2.17. The Morgan fingerprint density at radius 2 is 1.26 bits per heavy atom. The van der Waals surface area contributed by atoms with E-state index in [1.807, 2.05) is 0 Å². The van der Waals surface area contributed by atoms with Gasteiger partial charge < -0.3 is 34.9 Å². The zero-order chi connectivity index (χ0) is 35.5. The third-order valence-corrected chi connectivity index (χ3v) is 6.92. The quantitative estimate of drug-likeness (QED) is 0.132. The number of alkyl halides is 1. The summed E-state index contributed by atoms with van der Waals surface area (Å²) in [4.78, 5) is 100. The van der Waals surface area contributed by atoms with Gasteiger partial charge in [-0.05, 0) is 17.9 Å². The molecule has 1 aromatic carbocycles. The van der Waals surface area contributed by atoms with Gasteiger partial charge in [0.2, 0.25) is 11.8 Å². The molecule has 1 aromatic rings. The summed E-state index contributed by atoms with van der Waals surface area (Å²) in [6, 6.07) is 4.27. The average molecular weight is 668 g/mol. The van der Waals surface area contributed by atoms with Crippen molar-refractivity contribution in [3.05, 3.63) is 35.9 Å². The van der Waals surface area contributed by atoms with Crippen molar-refractivity contribution in [2.75, 3.05) is 28.0 Å². The van der Waals surface area contributed by atoms with Crippen LogP contribution in [0.4, 0.5) is 9.18 Å². The maximum Gasteiger partial charge on any atom is 0.408 e. The number of alkyl carbamates (subject to hydrolysis) is 1. The van der Waals surface area contributed by atoms with Gasteiger partial charge in [-0.3, -0.25) is 33.6 Å². The number of hydrogen-bond donors (Lipinski definition) is 3. The highest BCUT2D eigenvalue weighted by Gasteiger charge is 2.34. The molecule has 0 fully saturated rings. The first kappa shape index (κ1) is 40.1. The van der Waals surface area contributed by atoms with Crippen LogP contribution in [0.15, 0.2) is 30.3 Å². The van der Waals surface area contributed by atoms with Crippen molar-refractivity contribution in [3.63, 3.8) is 0 Å². The summed E-state index contributed by atoms with van der Waals surface area (Å²) in [5, 5.41) is 7.04. The first-order chi connectivity index (χ1) is 22.3. The lowest BCUT2D eigenvalue weighted by Gasteiger charge is -2.27. The van der Waals surface area contributed by atoms with E-state index in [1.165, 1.54) is 0 Å². The van der Waals surface area contributed by atoms with Gasteiger partial charge in [-0.15, -0.1) is 0 Å². The molecule has 0 saturated heterocycles. The lowest BCUT2D eigenvalue weighted by molar-refractivity contribution is -0.144. The number of ketones is 2. The van der Waals surface area contributed by atoms with E-state index in [1.54, 1.807) is 44.2 Å². The van der Waals surface area contributed by atoms with E-state index in [9.17, 15) is 42.7 Å². The summed E-state index contributed by atoms with van der Waals surface area (Å²) in [6.07, 6.45) is -3.40. The van der Waals surface area contributed by atoms with Crippen molar-refractivity contribution < 1.29 is 61.7 Å². The van der Waals surface area contributed by atoms with Crippen LogP contribution >= 0.6 is 0 Å². The molecule has 4 atom stereocenters. The fourth-order valence-electron chi connectivity index (χ4n) is 4.16. The predicted molar refractivity (Wildman–Crippen MR) is 161 cm³/mol. The summed E-state index contributed by atoms with van der Waals surface area (Å²) in [5.74, 6) is -7.96. The number of amides is 3. The van der Waals surface area contributed by atoms with E-state index >= 15 is 0 Å². The molecule has 0 aliphatic rings. The number of nitrogens with one attached hydrogen (secondary N) is 3. The molecule has 0 bridgehead atoms. The van der Waals surface area contributed by atoms with Crippen molar-refractivity contribution >= 4 is 47.4 Å². The van der Waals surface area contributed by atoms with E-state index in [0.29, 0.717) is 5.56 Å². The third kappa shape index (κ3) is 14.8. The second kappa shape index (κ2) is 21.0. The standard InChI is InChI=1S/C31H42FN3O12/c1-18(2)28(30(42)33-22(24(37)16-32)15-27(40)46-5)35-29(41)20(11-12-25(38)44-3)13-23(36)21(14-26(39)45-4)34-31(43)47-17-19-9-7-6-8-10-19/h6-10,18,20-22,28H,11-17H2,1-5H3,(H,33,42)(H,34,43)(H,35,41). The largest absolute Gasteiger partial charge is 0.469 e. The minimum Gasteiger partial charge on any atom is -0.469 e. The molecule has 4 unspecified atom stereocenters. The Kier molecular flexibility index (Phi) is 17.9. The molecule has 0 spiro atoms. The Bertz CT molecular complexity index is 1260. The molecule has 15 nitrogen and oxygen atoms in total. The second-order valence-electron chi connectivity index (χ2n) is 10.7. The Balaban J connectivity index is 3.17. The molecule has 3 N–H and O–H groups in total. The summed E-state index contributed by atoms with van der Waals surface area (Å²) in [5.41, 5.74) is 0.660. The summed E-state index contributed by atoms with van der Waals surface area (Å²) in [7, 11) is 3.26. The van der Waals surface area contributed by atoms with Gasteiger partial charge in [-0.25, -0.2) is 9.18 Å². The fraction of sp³-hybridized carbons (Fsp3) is 0.548. The number of methoxy groups -OCH3 is 3. The van der Waals surface area contributed by atoms with Crippen molar-refractivity contribution in [3.8, 4) is 0 Å². The van der Waals surface area contributed by atoms with Gasteiger partial charge in [-0.1, -0.05) is 44.2 Å². The Morgan fingerprint density at radius 1 is 0.702 bits per heavy atom. The molecule has 0 aromatic heterocycles. The number of rotatable bonds is 20. The van der Waals surface area contributed by atoms with Crippen LogP contribution < -0.4 is 16.0 Å². The van der Waals surface area contributed by atoms with E-state index < -0.39 is 103 Å². The predicted octanol–water partition coefficient (Wildman–Crippen LogP) is 1.10. The van der Waals surface area contributed by atoms with Gasteiger partial charge in [0, 0.05) is 18.8 Å². The van der Waals surface area contributed by atoms with Crippen molar-refractivity contribution in [1.82, 2.24) is 16.0 Å². The number of benzene rings is 1. The molecule has 260 valence electrons. The summed E-state index contributed by atoms with van der Waals surface area (Å²) in [6.45, 7) is 1.51. The number of carbonyl (C=O) groups excluding carboxylic acids is 8. The Hall–Kier alpha value is -4.89. The SMILES string of the molecule is COC(=O)CCC(CC(=O)C(CC(=O)OC)NC(=O)OCc1ccccc1)C(=O)NC(C(=O)NC(CC(=O)OC)C(=O)CF)C(C)C. The van der Waals surface area contributed by atoms with Crippen LogP contribution in [0.1, 0.15) is 51.5 Å². The van der Waals surface area contributed by atoms with E-state index in [-0.39, 0.29) is 19.4 Å². The minimum atomic E-state index is -1.57. The average Bonchev–Trinajstić information content (AvgIpc) is 3.06. The number of halogens is 1. The third-order valence-electron chi connectivity index (χ3n) is 6.92. The van der Waals surface area contributed by atoms with E-state index in [0.717, 1.165) is 21.3 Å². The maximum atomic E-state index is 13.5. The normalized spacial score (nSPS) is 13.2. The summed E-state index contributed by atoms with van der Waals surface area (Å²) < 4.78 is 32.0. The lowest BCUT2D eigenvalue weighted by atomic mass is 9.91. The number of esters is 3. The number of carbonyl (C=O) groups is 8. The molecule has 0 saturated carbocycles. The monoisotopic (exact) mass is 667 g/mol. The molecular weight excluding hydrogens is 625 g/mol. The molecule has 1 rings (SSSR count). The van der Waals surface area contributed by atoms with Gasteiger partial charge >= 0.3 is 24.0 Å². The molecule has 16 heteroatoms. The molecule has 0 aliphatic heterocycles. The highest BCUT2D eigenvalue weighted by atomic mass is 19.1. The first-order valence-corrected chi connectivity index (χ1v) is 14.7. The van der Waals surface area contributed by atoms with Gasteiger partial charge in [-0.2, -0.15) is 0 Å². The maximum absolute atomic E-state index is 13.5. The van der Waals surface area contributed by atoms with Gasteiger partial charge in [0.25, 0.3) is 0 Å². The highest BCUT2D eigenvalue weighted by molar-refractivity contribution is 5.97. The van der Waals surface area contributed by atoms with Gasteiger partial charge in [0.15, 0.2) is 11.6 Å². The molecule has 0 radical (unpaired) electrons. The number of Topliss-reactive ketones (excluding diaryl/α,β-unsaturated/α-hetero) is 2. The lowest BCUT2D eigenvalue weighted by Crippen LogP contribution is -2.55. The summed E-state index contributed by atoms with van der Waals surface area (Å²) >= 11 is 0. The first-order valence-electron chi connectivity index (χ1n) is 14.7. The molecule has 3 amide bonds.